The number of hydrogen-bond acceptors (Lipinski definition) is 4. The third kappa shape index (κ3) is 2.78. The number of aromatic nitrogens is 2. The highest BCUT2D eigenvalue weighted by Crippen LogP contribution is 2.30. The van der Waals surface area contributed by atoms with Gasteiger partial charge in [0.25, 0.3) is 0 Å². The van der Waals surface area contributed by atoms with Crippen LogP contribution >= 0.6 is 23.2 Å². The average molecular weight is 269 g/mol. The van der Waals surface area contributed by atoms with Gasteiger partial charge in [-0.15, -0.1) is 0 Å². The second-order valence-corrected chi connectivity index (χ2v) is 4.35. The summed E-state index contributed by atoms with van der Waals surface area (Å²) in [6.07, 6.45) is 3.02. The molecule has 0 aliphatic carbocycles. The van der Waals surface area contributed by atoms with Crippen LogP contribution in [0.2, 0.25) is 10.0 Å². The van der Waals surface area contributed by atoms with Gasteiger partial charge in [0.1, 0.15) is 5.82 Å². The van der Waals surface area contributed by atoms with Crippen molar-refractivity contribution < 1.29 is 0 Å². The van der Waals surface area contributed by atoms with E-state index in [2.05, 4.69) is 15.3 Å². The fourth-order valence-electron chi connectivity index (χ4n) is 1.32. The van der Waals surface area contributed by atoms with E-state index >= 15 is 0 Å². The molecule has 2 rings (SSSR count). The highest BCUT2D eigenvalue weighted by Gasteiger charge is 2.06. The number of rotatable bonds is 2. The Kier molecular flexibility index (Phi) is 3.36. The Balaban J connectivity index is 2.33. The molecule has 1 aromatic heterocycles. The summed E-state index contributed by atoms with van der Waals surface area (Å²) < 4.78 is 0. The van der Waals surface area contributed by atoms with Crippen LogP contribution in [-0.2, 0) is 0 Å². The van der Waals surface area contributed by atoms with Crippen LogP contribution in [0, 0.1) is 6.92 Å². The number of anilines is 3. The fraction of sp³-hybridized carbons (Fsp3) is 0.0909. The molecule has 1 heterocycles. The van der Waals surface area contributed by atoms with Crippen molar-refractivity contribution in [2.75, 3.05) is 11.1 Å². The van der Waals surface area contributed by atoms with Crippen molar-refractivity contribution in [2.45, 2.75) is 6.92 Å². The normalized spacial score (nSPS) is 10.3. The van der Waals surface area contributed by atoms with E-state index in [9.17, 15) is 0 Å². The molecule has 0 bridgehead atoms. The number of nitrogens with two attached hydrogens (primary N) is 1. The Morgan fingerprint density at radius 1 is 1.18 bits per heavy atom. The minimum Gasteiger partial charge on any atom is -0.382 e. The summed E-state index contributed by atoms with van der Waals surface area (Å²) in [6.45, 7) is 1.89. The third-order valence-corrected chi connectivity index (χ3v) is 2.88. The molecule has 2 aromatic rings. The number of benzene rings is 1. The molecule has 0 aliphatic heterocycles. The van der Waals surface area contributed by atoms with E-state index in [4.69, 9.17) is 28.9 Å². The van der Waals surface area contributed by atoms with Crippen LogP contribution in [0.25, 0.3) is 0 Å². The largest absolute Gasteiger partial charge is 0.382 e. The monoisotopic (exact) mass is 268 g/mol. The van der Waals surface area contributed by atoms with Gasteiger partial charge in [0.15, 0.2) is 5.82 Å². The minimum atomic E-state index is 0.337. The topological polar surface area (TPSA) is 63.8 Å². The lowest BCUT2D eigenvalue weighted by atomic mass is 10.2. The molecule has 0 unspecified atom stereocenters. The molecule has 0 radical (unpaired) electrons. The van der Waals surface area contributed by atoms with E-state index in [0.717, 1.165) is 5.56 Å². The first-order valence-electron chi connectivity index (χ1n) is 4.86. The summed E-state index contributed by atoms with van der Waals surface area (Å²) in [7, 11) is 0. The molecule has 0 atom stereocenters. The van der Waals surface area contributed by atoms with Gasteiger partial charge in [-0.1, -0.05) is 23.2 Å². The summed E-state index contributed by atoms with van der Waals surface area (Å²) in [4.78, 5) is 7.99. The van der Waals surface area contributed by atoms with Crippen LogP contribution in [0.3, 0.4) is 0 Å². The van der Waals surface area contributed by atoms with E-state index in [0.29, 0.717) is 27.4 Å². The molecule has 4 nitrogen and oxygen atoms in total. The van der Waals surface area contributed by atoms with E-state index in [1.165, 1.54) is 6.20 Å². The zero-order valence-electron chi connectivity index (χ0n) is 9.04. The fourth-order valence-corrected chi connectivity index (χ4v) is 1.75. The molecule has 17 heavy (non-hydrogen) atoms. The van der Waals surface area contributed by atoms with Gasteiger partial charge in [0, 0.05) is 5.02 Å². The number of halogens is 2. The van der Waals surface area contributed by atoms with Gasteiger partial charge in [0.2, 0.25) is 0 Å². The van der Waals surface area contributed by atoms with Crippen molar-refractivity contribution in [3.05, 3.63) is 40.1 Å². The third-order valence-electron chi connectivity index (χ3n) is 2.16. The maximum absolute atomic E-state index is 6.09. The summed E-state index contributed by atoms with van der Waals surface area (Å²) in [6, 6.07) is 3.52. The Labute approximate surface area is 109 Å². The van der Waals surface area contributed by atoms with Gasteiger partial charge >= 0.3 is 0 Å². The van der Waals surface area contributed by atoms with Crippen LogP contribution in [-0.4, -0.2) is 9.97 Å². The van der Waals surface area contributed by atoms with Crippen LogP contribution in [0.15, 0.2) is 24.5 Å². The van der Waals surface area contributed by atoms with E-state index in [1.807, 2.05) is 6.92 Å². The van der Waals surface area contributed by atoms with Crippen LogP contribution in [0.5, 0.6) is 0 Å². The van der Waals surface area contributed by atoms with E-state index in [1.54, 1.807) is 18.3 Å². The molecule has 88 valence electrons. The van der Waals surface area contributed by atoms with E-state index in [-0.39, 0.29) is 0 Å². The second-order valence-electron chi connectivity index (χ2n) is 3.54. The number of aryl methyl sites for hydroxylation is 1. The van der Waals surface area contributed by atoms with Gasteiger partial charge in [-0.2, -0.15) is 0 Å². The molecule has 0 saturated heterocycles. The van der Waals surface area contributed by atoms with Crippen LogP contribution < -0.4 is 11.1 Å². The zero-order valence-corrected chi connectivity index (χ0v) is 10.5. The maximum Gasteiger partial charge on any atom is 0.151 e. The summed E-state index contributed by atoms with van der Waals surface area (Å²) in [5.74, 6) is 0.858. The van der Waals surface area contributed by atoms with Crippen molar-refractivity contribution in [3.8, 4) is 0 Å². The number of nitrogen functional groups attached to an aromatic ring is 1. The smallest absolute Gasteiger partial charge is 0.151 e. The number of nitrogens with zero attached hydrogens (tertiary/aromatic N) is 2. The maximum atomic E-state index is 6.09. The highest BCUT2D eigenvalue weighted by atomic mass is 35.5. The van der Waals surface area contributed by atoms with Crippen LogP contribution in [0.1, 0.15) is 5.56 Å². The quantitative estimate of drug-likeness (QED) is 0.876. The molecule has 0 aliphatic rings. The highest BCUT2D eigenvalue weighted by molar-refractivity contribution is 6.35. The number of hydrogen-bond donors (Lipinski definition) is 2. The summed E-state index contributed by atoms with van der Waals surface area (Å²) >= 11 is 12.1. The van der Waals surface area contributed by atoms with Crippen molar-refractivity contribution in [1.29, 1.82) is 0 Å². The van der Waals surface area contributed by atoms with E-state index < -0.39 is 0 Å². The Morgan fingerprint density at radius 3 is 2.65 bits per heavy atom. The summed E-state index contributed by atoms with van der Waals surface area (Å²) in [5, 5.41) is 4.21. The lowest BCUT2D eigenvalue weighted by Gasteiger charge is -2.09. The molecule has 1 aromatic carbocycles. The van der Waals surface area contributed by atoms with Crippen molar-refractivity contribution >= 4 is 40.5 Å². The minimum absolute atomic E-state index is 0.337. The molecule has 0 amide bonds. The summed E-state index contributed by atoms with van der Waals surface area (Å²) in [5.41, 5.74) is 7.12. The molecule has 0 spiro atoms. The van der Waals surface area contributed by atoms with Crippen molar-refractivity contribution in [3.63, 3.8) is 0 Å². The molecule has 3 N–H and O–H groups in total. The van der Waals surface area contributed by atoms with Gasteiger partial charge in [-0.25, -0.2) is 4.98 Å². The molecule has 6 heteroatoms. The van der Waals surface area contributed by atoms with Crippen LogP contribution in [0.4, 0.5) is 17.3 Å². The standard InChI is InChI=1S/C11H10Cl2N4/c1-6-2-8(13)9(3-7(6)12)16-11-5-15-4-10(14)17-11/h2-5H,1H3,(H3,14,16,17). The molecular formula is C11H10Cl2N4. The first kappa shape index (κ1) is 12.0. The lowest BCUT2D eigenvalue weighted by molar-refractivity contribution is 1.21. The molecule has 0 fully saturated rings. The predicted molar refractivity (Wildman–Crippen MR) is 70.9 cm³/mol. The predicted octanol–water partition coefficient (Wildman–Crippen LogP) is 3.42. The Morgan fingerprint density at radius 2 is 1.94 bits per heavy atom. The first-order valence-corrected chi connectivity index (χ1v) is 5.62. The lowest BCUT2D eigenvalue weighted by Crippen LogP contribution is -1.99. The second kappa shape index (κ2) is 4.77. The average Bonchev–Trinajstić information content (AvgIpc) is 2.26. The number of nitrogens with one attached hydrogen (secondary N) is 1. The Bertz CT molecular complexity index is 557. The SMILES string of the molecule is Cc1cc(Cl)c(Nc2cncc(N)n2)cc1Cl. The van der Waals surface area contributed by atoms with Gasteiger partial charge in [-0.05, 0) is 24.6 Å². The molecular weight excluding hydrogens is 259 g/mol. The zero-order chi connectivity index (χ0) is 12.4. The first-order chi connectivity index (χ1) is 8.06. The molecule has 0 saturated carbocycles. The van der Waals surface area contributed by atoms with Gasteiger partial charge in [-0.3, -0.25) is 4.98 Å². The van der Waals surface area contributed by atoms with Crippen molar-refractivity contribution in [2.24, 2.45) is 0 Å². The van der Waals surface area contributed by atoms with Gasteiger partial charge in [0.05, 0.1) is 23.1 Å². The van der Waals surface area contributed by atoms with Gasteiger partial charge < -0.3 is 11.1 Å². The Hall–Kier alpha value is -1.52. The van der Waals surface area contributed by atoms with Crippen molar-refractivity contribution in [1.82, 2.24) is 9.97 Å².